The average Bonchev–Trinajstić information content (AvgIpc) is 2.44. The van der Waals surface area contributed by atoms with Crippen molar-refractivity contribution in [2.45, 2.75) is 32.2 Å². The van der Waals surface area contributed by atoms with Crippen molar-refractivity contribution in [2.24, 2.45) is 0 Å². The van der Waals surface area contributed by atoms with Gasteiger partial charge in [-0.1, -0.05) is 31.4 Å². The van der Waals surface area contributed by atoms with Gasteiger partial charge < -0.3 is 5.32 Å². The van der Waals surface area contributed by atoms with Crippen LogP contribution in [0.15, 0.2) is 18.2 Å². The first-order valence-electron chi connectivity index (χ1n) is 7.12. The quantitative estimate of drug-likeness (QED) is 0.888. The summed E-state index contributed by atoms with van der Waals surface area (Å²) in [5.74, 6) is -0.135. The highest BCUT2D eigenvalue weighted by atomic mass is 35.5. The number of benzene rings is 1. The van der Waals surface area contributed by atoms with Crippen LogP contribution in [0.25, 0.3) is 0 Å². The molecule has 1 aliphatic heterocycles. The molecule has 1 N–H and O–H groups in total. The molecule has 0 bridgehead atoms. The van der Waals surface area contributed by atoms with Gasteiger partial charge in [-0.2, -0.15) is 0 Å². The molecule has 1 saturated heterocycles. The first-order valence-corrected chi connectivity index (χ1v) is 7.50. The third-order valence-electron chi connectivity index (χ3n) is 3.74. The molecule has 0 radical (unpaired) electrons. The molecule has 0 aliphatic carbocycles. The van der Waals surface area contributed by atoms with Crippen molar-refractivity contribution in [1.29, 1.82) is 0 Å². The number of hydrogen-bond donors (Lipinski definition) is 1. The first-order chi connectivity index (χ1) is 9.22. The van der Waals surface area contributed by atoms with E-state index in [4.69, 9.17) is 11.6 Å². The van der Waals surface area contributed by atoms with Crippen LogP contribution in [0.4, 0.5) is 4.39 Å². The highest BCUT2D eigenvalue weighted by Crippen LogP contribution is 2.30. The van der Waals surface area contributed by atoms with Crippen molar-refractivity contribution in [2.75, 3.05) is 26.2 Å². The van der Waals surface area contributed by atoms with E-state index in [0.717, 1.165) is 51.0 Å². The number of halogens is 2. The second-order valence-electron chi connectivity index (χ2n) is 5.11. The van der Waals surface area contributed by atoms with E-state index in [1.54, 1.807) is 12.1 Å². The van der Waals surface area contributed by atoms with E-state index in [-0.39, 0.29) is 11.9 Å². The Hall–Kier alpha value is -0.640. The summed E-state index contributed by atoms with van der Waals surface area (Å²) in [5, 5.41) is 3.96. The lowest BCUT2D eigenvalue weighted by Crippen LogP contribution is -2.45. The smallest absolute Gasteiger partial charge is 0.128 e. The van der Waals surface area contributed by atoms with Gasteiger partial charge in [-0.05, 0) is 24.6 Å². The molecule has 1 heterocycles. The third-order valence-corrected chi connectivity index (χ3v) is 3.98. The molecule has 2 nitrogen and oxygen atoms in total. The summed E-state index contributed by atoms with van der Waals surface area (Å²) in [6.07, 6.45) is 3.24. The maximum absolute atomic E-state index is 14.1. The van der Waals surface area contributed by atoms with Crippen molar-refractivity contribution in [3.63, 3.8) is 0 Å². The van der Waals surface area contributed by atoms with Gasteiger partial charge in [-0.3, -0.25) is 4.90 Å². The van der Waals surface area contributed by atoms with Gasteiger partial charge in [0.25, 0.3) is 0 Å². The Morgan fingerprint density at radius 3 is 2.79 bits per heavy atom. The molecule has 1 fully saturated rings. The van der Waals surface area contributed by atoms with Crippen LogP contribution in [-0.4, -0.2) is 31.1 Å². The molecular formula is C15H22ClFN2. The van der Waals surface area contributed by atoms with Crippen LogP contribution >= 0.6 is 11.6 Å². The first kappa shape index (κ1) is 14.8. The van der Waals surface area contributed by atoms with Crippen molar-refractivity contribution >= 4 is 11.6 Å². The maximum atomic E-state index is 14.1. The Labute approximate surface area is 119 Å². The summed E-state index contributed by atoms with van der Waals surface area (Å²) in [6.45, 7) is 6.07. The fraction of sp³-hybridized carbons (Fsp3) is 0.600. The third kappa shape index (κ3) is 3.91. The van der Waals surface area contributed by atoms with Gasteiger partial charge in [0, 0.05) is 42.8 Å². The predicted molar refractivity (Wildman–Crippen MR) is 78.1 cm³/mol. The van der Waals surface area contributed by atoms with Gasteiger partial charge in [0.05, 0.1) is 0 Å². The van der Waals surface area contributed by atoms with E-state index in [9.17, 15) is 4.39 Å². The Morgan fingerprint density at radius 2 is 2.11 bits per heavy atom. The van der Waals surface area contributed by atoms with Crippen LogP contribution in [0.1, 0.15) is 37.8 Å². The zero-order valence-corrected chi connectivity index (χ0v) is 12.2. The number of rotatable bonds is 5. The van der Waals surface area contributed by atoms with Gasteiger partial charge in [-0.15, -0.1) is 0 Å². The van der Waals surface area contributed by atoms with Crippen LogP contribution in [0.5, 0.6) is 0 Å². The molecule has 0 unspecified atom stereocenters. The lowest BCUT2D eigenvalue weighted by Gasteiger charge is -2.35. The molecule has 0 aromatic heterocycles. The summed E-state index contributed by atoms with van der Waals surface area (Å²) in [4.78, 5) is 2.38. The summed E-state index contributed by atoms with van der Waals surface area (Å²) in [7, 11) is 0. The number of nitrogens with one attached hydrogen (secondary N) is 1. The van der Waals surface area contributed by atoms with Crippen molar-refractivity contribution < 1.29 is 4.39 Å². The predicted octanol–water partition coefficient (Wildman–Crippen LogP) is 3.62. The summed E-state index contributed by atoms with van der Waals surface area (Å²) < 4.78 is 14.1. The molecule has 1 atom stereocenters. The van der Waals surface area contributed by atoms with Crippen molar-refractivity contribution in [1.82, 2.24) is 10.2 Å². The monoisotopic (exact) mass is 284 g/mol. The fourth-order valence-corrected chi connectivity index (χ4v) is 2.88. The van der Waals surface area contributed by atoms with E-state index in [0.29, 0.717) is 5.02 Å². The van der Waals surface area contributed by atoms with Crippen molar-refractivity contribution in [3.05, 3.63) is 34.6 Å². The molecule has 4 heteroatoms. The SMILES string of the molecule is CCCC[C@H](c1cc(Cl)ccc1F)N1CCNCC1. The molecule has 0 saturated carbocycles. The van der Waals surface area contributed by atoms with Gasteiger partial charge in [0.1, 0.15) is 5.82 Å². The topological polar surface area (TPSA) is 15.3 Å². The Balaban J connectivity index is 2.22. The molecule has 0 amide bonds. The molecule has 0 spiro atoms. The highest BCUT2D eigenvalue weighted by Gasteiger charge is 2.24. The fourth-order valence-electron chi connectivity index (χ4n) is 2.70. The van der Waals surface area contributed by atoms with E-state index in [1.165, 1.54) is 6.07 Å². The summed E-state index contributed by atoms with van der Waals surface area (Å²) in [5.41, 5.74) is 0.753. The van der Waals surface area contributed by atoms with Crippen LogP contribution < -0.4 is 5.32 Å². The molecule has 1 aromatic rings. The van der Waals surface area contributed by atoms with Crippen LogP contribution in [0.3, 0.4) is 0 Å². The summed E-state index contributed by atoms with van der Waals surface area (Å²) in [6, 6.07) is 5.05. The van der Waals surface area contributed by atoms with Crippen molar-refractivity contribution in [3.8, 4) is 0 Å². The van der Waals surface area contributed by atoms with E-state index in [2.05, 4.69) is 17.1 Å². The zero-order chi connectivity index (χ0) is 13.7. The number of unbranched alkanes of at least 4 members (excludes halogenated alkanes) is 1. The van der Waals surface area contributed by atoms with Crippen LogP contribution in [-0.2, 0) is 0 Å². The second kappa shape index (κ2) is 7.22. The lowest BCUT2D eigenvalue weighted by atomic mass is 9.98. The minimum Gasteiger partial charge on any atom is -0.314 e. The number of hydrogen-bond acceptors (Lipinski definition) is 2. The maximum Gasteiger partial charge on any atom is 0.128 e. The van der Waals surface area contributed by atoms with E-state index >= 15 is 0 Å². The normalized spacial score (nSPS) is 18.5. The lowest BCUT2D eigenvalue weighted by molar-refractivity contribution is 0.160. The summed E-state index contributed by atoms with van der Waals surface area (Å²) >= 11 is 6.04. The number of piperazine rings is 1. The van der Waals surface area contributed by atoms with Gasteiger partial charge in [0.15, 0.2) is 0 Å². The molecule has 1 aromatic carbocycles. The van der Waals surface area contributed by atoms with Crippen LogP contribution in [0, 0.1) is 5.82 Å². The Kier molecular flexibility index (Phi) is 5.61. The van der Waals surface area contributed by atoms with Crippen LogP contribution in [0.2, 0.25) is 5.02 Å². The largest absolute Gasteiger partial charge is 0.314 e. The molecule has 19 heavy (non-hydrogen) atoms. The van der Waals surface area contributed by atoms with Gasteiger partial charge in [0.2, 0.25) is 0 Å². The molecule has 106 valence electrons. The molecule has 1 aliphatic rings. The van der Waals surface area contributed by atoms with Gasteiger partial charge >= 0.3 is 0 Å². The molecular weight excluding hydrogens is 263 g/mol. The van der Waals surface area contributed by atoms with Gasteiger partial charge in [-0.25, -0.2) is 4.39 Å². The minimum atomic E-state index is -0.135. The second-order valence-corrected chi connectivity index (χ2v) is 5.55. The highest BCUT2D eigenvalue weighted by molar-refractivity contribution is 6.30. The Bertz CT molecular complexity index is 405. The van der Waals surface area contributed by atoms with E-state index in [1.807, 2.05) is 0 Å². The standard InChI is InChI=1S/C15H22ClFN2/c1-2-3-4-15(19-9-7-18-8-10-19)13-11-12(16)5-6-14(13)17/h5-6,11,15,18H,2-4,7-10H2,1H3/t15-/m1/s1. The molecule has 2 rings (SSSR count). The number of nitrogens with zero attached hydrogens (tertiary/aromatic N) is 1. The van der Waals surface area contributed by atoms with E-state index < -0.39 is 0 Å². The average molecular weight is 285 g/mol. The zero-order valence-electron chi connectivity index (χ0n) is 11.5. The Morgan fingerprint density at radius 1 is 1.37 bits per heavy atom. The minimum absolute atomic E-state index is 0.135.